The maximum atomic E-state index is 5.83. The van der Waals surface area contributed by atoms with E-state index in [9.17, 15) is 0 Å². The molecule has 1 aliphatic rings. The Bertz CT molecular complexity index is 344. The van der Waals surface area contributed by atoms with Crippen LogP contribution < -0.4 is 0 Å². The van der Waals surface area contributed by atoms with Crippen molar-refractivity contribution in [2.24, 2.45) is 4.99 Å². The molecule has 1 aliphatic heterocycles. The fraction of sp³-hybridized carbons (Fsp3) is 0.222. The standard InChI is InChI=1S/C9H7Cl2N/c10-5-8-4-6-3-7(11)1-2-9(6)12-8/h1-3H,4-5H2. The molecule has 0 saturated heterocycles. The predicted molar refractivity (Wildman–Crippen MR) is 53.0 cm³/mol. The first-order chi connectivity index (χ1) is 5.79. The van der Waals surface area contributed by atoms with Crippen molar-refractivity contribution >= 4 is 34.6 Å². The summed E-state index contributed by atoms with van der Waals surface area (Å²) in [6.45, 7) is 0. The van der Waals surface area contributed by atoms with E-state index >= 15 is 0 Å². The fourth-order valence-corrected chi connectivity index (χ4v) is 1.66. The van der Waals surface area contributed by atoms with Gasteiger partial charge in [-0.15, -0.1) is 11.6 Å². The van der Waals surface area contributed by atoms with Crippen LogP contribution in [0.2, 0.25) is 5.02 Å². The van der Waals surface area contributed by atoms with Gasteiger partial charge in [0, 0.05) is 17.2 Å². The summed E-state index contributed by atoms with van der Waals surface area (Å²) in [7, 11) is 0. The first-order valence-corrected chi connectivity index (χ1v) is 4.61. The van der Waals surface area contributed by atoms with Crippen LogP contribution in [0.3, 0.4) is 0 Å². The lowest BCUT2D eigenvalue weighted by molar-refractivity contribution is 1.39. The molecule has 0 amide bonds. The number of halogens is 2. The van der Waals surface area contributed by atoms with Crippen LogP contribution in [0, 0.1) is 0 Å². The van der Waals surface area contributed by atoms with Crippen LogP contribution in [0.1, 0.15) is 5.56 Å². The minimum atomic E-state index is 0.506. The first-order valence-electron chi connectivity index (χ1n) is 3.70. The SMILES string of the molecule is ClCC1=Nc2ccc(Cl)cc2C1. The second-order valence-corrected chi connectivity index (χ2v) is 3.47. The third-order valence-electron chi connectivity index (χ3n) is 1.87. The molecule has 1 aromatic rings. The lowest BCUT2D eigenvalue weighted by Gasteiger charge is -1.95. The van der Waals surface area contributed by atoms with E-state index in [-0.39, 0.29) is 0 Å². The quantitative estimate of drug-likeness (QED) is 0.617. The van der Waals surface area contributed by atoms with E-state index in [4.69, 9.17) is 23.2 Å². The molecule has 3 heteroatoms. The summed E-state index contributed by atoms with van der Waals surface area (Å²) in [5.41, 5.74) is 3.21. The largest absolute Gasteiger partial charge is 0.256 e. The van der Waals surface area contributed by atoms with Crippen LogP contribution in [0.5, 0.6) is 0 Å². The molecule has 0 aliphatic carbocycles. The predicted octanol–water partition coefficient (Wildman–Crippen LogP) is 3.21. The summed E-state index contributed by atoms with van der Waals surface area (Å²) in [6.07, 6.45) is 0.847. The van der Waals surface area contributed by atoms with Crippen LogP contribution >= 0.6 is 23.2 Å². The Kier molecular flexibility index (Phi) is 2.07. The number of fused-ring (bicyclic) bond motifs is 1. The molecule has 0 saturated carbocycles. The number of aliphatic imine (C=N–C) groups is 1. The Morgan fingerprint density at radius 1 is 1.42 bits per heavy atom. The number of rotatable bonds is 1. The topological polar surface area (TPSA) is 12.4 Å². The van der Waals surface area contributed by atoms with E-state index in [0.717, 1.165) is 22.8 Å². The zero-order valence-electron chi connectivity index (χ0n) is 6.35. The molecule has 1 heterocycles. The normalized spacial score (nSPS) is 14.3. The molecule has 0 fully saturated rings. The molecule has 2 rings (SSSR count). The molecule has 12 heavy (non-hydrogen) atoms. The van der Waals surface area contributed by atoms with Gasteiger partial charge in [-0.1, -0.05) is 11.6 Å². The van der Waals surface area contributed by atoms with Crippen molar-refractivity contribution in [1.82, 2.24) is 0 Å². The minimum absolute atomic E-state index is 0.506. The van der Waals surface area contributed by atoms with Crippen LogP contribution in [-0.4, -0.2) is 11.6 Å². The molecular weight excluding hydrogens is 193 g/mol. The number of nitrogens with zero attached hydrogens (tertiary/aromatic N) is 1. The summed E-state index contributed by atoms with van der Waals surface area (Å²) in [6, 6.07) is 5.72. The zero-order chi connectivity index (χ0) is 8.55. The van der Waals surface area contributed by atoms with E-state index in [0.29, 0.717) is 5.88 Å². The van der Waals surface area contributed by atoms with E-state index in [1.165, 1.54) is 5.56 Å². The summed E-state index contributed by atoms with van der Waals surface area (Å²) in [4.78, 5) is 4.34. The highest BCUT2D eigenvalue weighted by molar-refractivity contribution is 6.31. The summed E-state index contributed by atoms with van der Waals surface area (Å²) in [5.74, 6) is 0.506. The molecule has 1 aromatic carbocycles. The molecule has 0 N–H and O–H groups in total. The molecule has 0 unspecified atom stereocenters. The van der Waals surface area contributed by atoms with Gasteiger partial charge in [0.15, 0.2) is 0 Å². The maximum absolute atomic E-state index is 5.83. The minimum Gasteiger partial charge on any atom is -0.256 e. The Balaban J connectivity index is 2.40. The molecule has 0 aromatic heterocycles. The van der Waals surface area contributed by atoms with Gasteiger partial charge in [0.05, 0.1) is 11.6 Å². The van der Waals surface area contributed by atoms with E-state index in [2.05, 4.69) is 4.99 Å². The Morgan fingerprint density at radius 3 is 3.00 bits per heavy atom. The maximum Gasteiger partial charge on any atom is 0.0666 e. The van der Waals surface area contributed by atoms with Crippen molar-refractivity contribution < 1.29 is 0 Å². The van der Waals surface area contributed by atoms with Gasteiger partial charge in [-0.05, 0) is 23.8 Å². The summed E-state index contributed by atoms with van der Waals surface area (Å²) >= 11 is 11.5. The lowest BCUT2D eigenvalue weighted by Crippen LogP contribution is -1.97. The van der Waals surface area contributed by atoms with E-state index in [1.54, 1.807) is 0 Å². The van der Waals surface area contributed by atoms with Crippen molar-refractivity contribution in [2.75, 3.05) is 5.88 Å². The van der Waals surface area contributed by atoms with Gasteiger partial charge in [0.25, 0.3) is 0 Å². The summed E-state index contributed by atoms with van der Waals surface area (Å²) in [5, 5.41) is 0.764. The van der Waals surface area contributed by atoms with Gasteiger partial charge in [0.1, 0.15) is 0 Å². The van der Waals surface area contributed by atoms with Gasteiger partial charge >= 0.3 is 0 Å². The lowest BCUT2D eigenvalue weighted by atomic mass is 10.1. The van der Waals surface area contributed by atoms with Gasteiger partial charge in [0.2, 0.25) is 0 Å². The molecular formula is C9H7Cl2N. The Morgan fingerprint density at radius 2 is 2.25 bits per heavy atom. The first kappa shape index (κ1) is 8.09. The molecule has 1 nitrogen and oxygen atoms in total. The smallest absolute Gasteiger partial charge is 0.0666 e. The highest BCUT2D eigenvalue weighted by Gasteiger charge is 2.13. The highest BCUT2D eigenvalue weighted by atomic mass is 35.5. The van der Waals surface area contributed by atoms with Crippen LogP contribution in [-0.2, 0) is 6.42 Å². The fourth-order valence-electron chi connectivity index (χ4n) is 1.31. The average Bonchev–Trinajstić information content (AvgIpc) is 2.46. The molecule has 0 spiro atoms. The van der Waals surface area contributed by atoms with E-state index < -0.39 is 0 Å². The van der Waals surface area contributed by atoms with Crippen LogP contribution in [0.4, 0.5) is 5.69 Å². The van der Waals surface area contributed by atoms with Crippen molar-refractivity contribution in [3.63, 3.8) is 0 Å². The second-order valence-electron chi connectivity index (χ2n) is 2.76. The van der Waals surface area contributed by atoms with Crippen molar-refractivity contribution in [3.8, 4) is 0 Å². The zero-order valence-corrected chi connectivity index (χ0v) is 7.86. The number of hydrogen-bond donors (Lipinski definition) is 0. The van der Waals surface area contributed by atoms with Crippen LogP contribution in [0.15, 0.2) is 23.2 Å². The van der Waals surface area contributed by atoms with Gasteiger partial charge in [-0.2, -0.15) is 0 Å². The molecule has 0 bridgehead atoms. The van der Waals surface area contributed by atoms with Crippen molar-refractivity contribution in [2.45, 2.75) is 6.42 Å². The van der Waals surface area contributed by atoms with E-state index in [1.807, 2.05) is 18.2 Å². The molecule has 62 valence electrons. The number of alkyl halides is 1. The second kappa shape index (κ2) is 3.08. The highest BCUT2D eigenvalue weighted by Crippen LogP contribution is 2.29. The van der Waals surface area contributed by atoms with Gasteiger partial charge < -0.3 is 0 Å². The Hall–Kier alpha value is -0.530. The third-order valence-corrected chi connectivity index (χ3v) is 2.41. The van der Waals surface area contributed by atoms with Gasteiger partial charge in [-0.25, -0.2) is 0 Å². The van der Waals surface area contributed by atoms with Crippen molar-refractivity contribution in [3.05, 3.63) is 28.8 Å². The average molecular weight is 200 g/mol. The number of hydrogen-bond acceptors (Lipinski definition) is 1. The molecule has 0 radical (unpaired) electrons. The third kappa shape index (κ3) is 1.35. The summed E-state index contributed by atoms with van der Waals surface area (Å²) < 4.78 is 0. The molecule has 0 atom stereocenters. The monoisotopic (exact) mass is 199 g/mol. The Labute approximate surface area is 81.0 Å². The van der Waals surface area contributed by atoms with Crippen molar-refractivity contribution in [1.29, 1.82) is 0 Å². The van der Waals surface area contributed by atoms with Gasteiger partial charge in [-0.3, -0.25) is 4.99 Å². The van der Waals surface area contributed by atoms with Crippen LogP contribution in [0.25, 0.3) is 0 Å². The number of benzene rings is 1.